The van der Waals surface area contributed by atoms with Crippen molar-refractivity contribution in [2.45, 2.75) is 0 Å². The van der Waals surface area contributed by atoms with Crippen LogP contribution in [0.5, 0.6) is 0 Å². The Balaban J connectivity index is -0.0000000225. The fourth-order valence-electron chi connectivity index (χ4n) is 0. The SMILES string of the molecule is O=P([O-])([O-])[O-].O=P([O-])([O-])[O-].O=P([O-])([O-])[O-].O=P([O-])([O-])[O-].[Ni+2].[Ni+2].[Ni+2].[W+6]. The molecule has 0 unspecified atom stereocenters. The summed E-state index contributed by atoms with van der Waals surface area (Å²) in [4.78, 5) is 103. The van der Waals surface area contributed by atoms with Gasteiger partial charge in [-0.15, -0.1) is 0 Å². The van der Waals surface area contributed by atoms with Gasteiger partial charge in [0.2, 0.25) is 0 Å². The minimum absolute atomic E-state index is 0. The maximum Gasteiger partial charge on any atom is 6.00 e. The van der Waals surface area contributed by atoms with E-state index >= 15 is 0 Å². The van der Waals surface area contributed by atoms with Gasteiger partial charge >= 0.3 is 70.5 Å². The van der Waals surface area contributed by atoms with Gasteiger partial charge < -0.3 is 77.0 Å². The van der Waals surface area contributed by atoms with E-state index in [1.807, 2.05) is 0 Å². The molecule has 0 aliphatic rings. The van der Waals surface area contributed by atoms with Crippen LogP contribution >= 0.6 is 31.3 Å². The molecule has 0 radical (unpaired) electrons. The Hall–Kier alpha value is 2.61. The quantitative estimate of drug-likeness (QED) is 0.164. The molecule has 0 fully saturated rings. The number of hydrogen-bond acceptors (Lipinski definition) is 16. The average molecular weight is 740 g/mol. The second-order valence-corrected chi connectivity index (χ2v) is 5.37. The predicted molar refractivity (Wildman–Crippen MR) is 30.4 cm³/mol. The summed E-state index contributed by atoms with van der Waals surface area (Å²) in [5.41, 5.74) is 0. The molecule has 0 N–H and O–H groups in total. The smallest absolute Gasteiger partial charge is 0.822 e. The van der Waals surface area contributed by atoms with Crippen molar-refractivity contribution in [3.63, 3.8) is 0 Å². The molecular formula is Ni3O16P4W. The Kier molecular flexibility index (Phi) is 46.0. The van der Waals surface area contributed by atoms with Crippen molar-refractivity contribution in [1.29, 1.82) is 0 Å². The fraction of sp³-hybridized carbons (Fsp3) is 0. The third-order valence-corrected chi connectivity index (χ3v) is 0. The molecule has 16 nitrogen and oxygen atoms in total. The van der Waals surface area contributed by atoms with Crippen LogP contribution in [0.2, 0.25) is 0 Å². The van der Waals surface area contributed by atoms with Gasteiger partial charge in [0.05, 0.1) is 0 Å². The van der Waals surface area contributed by atoms with Crippen molar-refractivity contribution < 1.29 is 148 Å². The second kappa shape index (κ2) is 21.9. The molecule has 0 aromatic heterocycles. The second-order valence-electron chi connectivity index (χ2n) is 1.79. The molecule has 0 aliphatic carbocycles. The first-order chi connectivity index (χ1) is 8.00. The molecule has 0 aromatic rings. The molecule has 24 heavy (non-hydrogen) atoms. The van der Waals surface area contributed by atoms with E-state index in [-0.39, 0.29) is 70.5 Å². The summed E-state index contributed by atoms with van der Waals surface area (Å²) < 4.78 is 34.2. The maximum absolute atomic E-state index is 8.55. The minimum Gasteiger partial charge on any atom is -0.822 e. The molecule has 0 saturated carbocycles. The zero-order valence-corrected chi connectivity index (χ0v) is 19.2. The summed E-state index contributed by atoms with van der Waals surface area (Å²) in [6.07, 6.45) is 0. The number of hydrogen-bond donors (Lipinski definition) is 0. The molecule has 152 valence electrons. The summed E-state index contributed by atoms with van der Waals surface area (Å²) in [6, 6.07) is 0. The molecule has 0 spiro atoms. The Morgan fingerprint density at radius 3 is 0.333 bits per heavy atom. The minimum atomic E-state index is -5.39. The largest absolute Gasteiger partial charge is 6.00 e. The van der Waals surface area contributed by atoms with E-state index in [9.17, 15) is 0 Å². The molecule has 0 heterocycles. The molecule has 0 aliphatic heterocycles. The van der Waals surface area contributed by atoms with Gasteiger partial charge in [0.1, 0.15) is 0 Å². The van der Waals surface area contributed by atoms with Crippen molar-refractivity contribution >= 4 is 31.3 Å². The first-order valence-electron chi connectivity index (χ1n) is 2.92. The van der Waals surface area contributed by atoms with E-state index in [2.05, 4.69) is 0 Å². The Morgan fingerprint density at radius 2 is 0.333 bits per heavy atom. The fourth-order valence-corrected chi connectivity index (χ4v) is 0. The van der Waals surface area contributed by atoms with Crippen molar-refractivity contribution in [3.05, 3.63) is 0 Å². The van der Waals surface area contributed by atoms with Gasteiger partial charge in [-0.3, -0.25) is 0 Å². The van der Waals surface area contributed by atoms with Gasteiger partial charge in [-0.1, -0.05) is 0 Å². The standard InChI is InChI=1S/3Ni.4H3O4P.W/c;;;4*1-5(2,3)4;/h;;;4*(H3,1,2,3,4);/q3*+2;;;;;+6/p-12. The normalized spacial score (nSPS) is 9.83. The van der Waals surface area contributed by atoms with Gasteiger partial charge in [-0.25, -0.2) is 0 Å². The van der Waals surface area contributed by atoms with Crippen LogP contribution in [-0.2, 0) is 88.8 Å². The first-order valence-corrected chi connectivity index (χ1v) is 8.76. The van der Waals surface area contributed by atoms with Crippen LogP contribution in [0.15, 0.2) is 0 Å². The van der Waals surface area contributed by atoms with Gasteiger partial charge in [0.25, 0.3) is 0 Å². The van der Waals surface area contributed by atoms with Crippen LogP contribution in [0.3, 0.4) is 0 Å². The van der Waals surface area contributed by atoms with Crippen LogP contribution in [0.25, 0.3) is 0 Å². The maximum atomic E-state index is 8.55. The van der Waals surface area contributed by atoms with Crippen molar-refractivity contribution in [2.24, 2.45) is 0 Å². The molecule has 0 bridgehead atoms. The third kappa shape index (κ3) is 2020. The van der Waals surface area contributed by atoms with Crippen molar-refractivity contribution in [2.75, 3.05) is 0 Å². The molecular weight excluding hydrogens is 740 g/mol. The Bertz CT molecular complexity index is 298. The van der Waals surface area contributed by atoms with E-state index < -0.39 is 31.3 Å². The Labute approximate surface area is 178 Å². The van der Waals surface area contributed by atoms with E-state index in [0.29, 0.717) is 0 Å². The van der Waals surface area contributed by atoms with Crippen LogP contribution in [-0.4, -0.2) is 0 Å². The van der Waals surface area contributed by atoms with Gasteiger partial charge in [0.15, 0.2) is 0 Å². The average Bonchev–Trinajstić information content (AvgIpc) is 1.62. The van der Waals surface area contributed by atoms with Crippen molar-refractivity contribution in [1.82, 2.24) is 0 Å². The van der Waals surface area contributed by atoms with E-state index in [1.165, 1.54) is 0 Å². The zero-order valence-electron chi connectivity index (χ0n) is 9.68. The van der Waals surface area contributed by atoms with Crippen LogP contribution < -0.4 is 58.7 Å². The van der Waals surface area contributed by atoms with Crippen LogP contribution in [0, 0.1) is 0 Å². The van der Waals surface area contributed by atoms with Gasteiger partial charge in [-0.05, 0) is 0 Å². The predicted octanol–water partition coefficient (Wildman–Crippen LogP) is -11.3. The van der Waals surface area contributed by atoms with E-state index in [4.69, 9.17) is 77.0 Å². The summed E-state index contributed by atoms with van der Waals surface area (Å²) in [7, 11) is -21.6. The summed E-state index contributed by atoms with van der Waals surface area (Å²) in [5, 5.41) is 0. The van der Waals surface area contributed by atoms with E-state index in [0.717, 1.165) is 0 Å². The molecule has 0 amide bonds. The molecule has 24 heteroatoms. The number of rotatable bonds is 0. The first kappa shape index (κ1) is 50.4. The molecule has 0 rings (SSSR count). The zero-order chi connectivity index (χ0) is 18.0. The van der Waals surface area contributed by atoms with Crippen LogP contribution in [0.4, 0.5) is 0 Å². The molecule has 0 atom stereocenters. The monoisotopic (exact) mass is 738 g/mol. The molecule has 0 saturated heterocycles. The van der Waals surface area contributed by atoms with Crippen LogP contribution in [0.1, 0.15) is 0 Å². The van der Waals surface area contributed by atoms with Crippen molar-refractivity contribution in [3.8, 4) is 0 Å². The topological polar surface area (TPSA) is 345 Å². The third-order valence-electron chi connectivity index (χ3n) is 0. The summed E-state index contributed by atoms with van der Waals surface area (Å²) >= 11 is 0. The number of phosphoric acid groups is 4. The summed E-state index contributed by atoms with van der Waals surface area (Å²) in [5.74, 6) is 0. The Morgan fingerprint density at radius 1 is 0.333 bits per heavy atom. The van der Waals surface area contributed by atoms with Gasteiger partial charge in [0, 0.05) is 0 Å². The summed E-state index contributed by atoms with van der Waals surface area (Å²) in [6.45, 7) is 0. The molecule has 0 aromatic carbocycles. The van der Waals surface area contributed by atoms with Gasteiger partial charge in [-0.2, -0.15) is 31.3 Å². The van der Waals surface area contributed by atoms with E-state index in [1.54, 1.807) is 0 Å².